The Morgan fingerprint density at radius 3 is 2.06 bits per heavy atom. The molecule has 0 amide bonds. The molecule has 0 spiro atoms. The number of hydrogen-bond acceptors (Lipinski definition) is 9. The number of nitro benzene ring substituents is 2. The van der Waals surface area contributed by atoms with E-state index >= 15 is 0 Å². The average Bonchev–Trinajstić information content (AvgIpc) is 3.06. The minimum absolute atomic E-state index is 0.0184. The van der Waals surface area contributed by atoms with Gasteiger partial charge in [0.1, 0.15) is 0 Å². The van der Waals surface area contributed by atoms with E-state index in [1.165, 1.54) is 18.2 Å². The summed E-state index contributed by atoms with van der Waals surface area (Å²) in [5.74, 6) is 0.0184. The third-order valence-corrected chi connectivity index (χ3v) is 8.52. The highest BCUT2D eigenvalue weighted by Crippen LogP contribution is 2.39. The first-order chi connectivity index (χ1) is 24.7. The zero-order chi connectivity index (χ0) is 40.0. The molecule has 1 aliphatic heterocycles. The van der Waals surface area contributed by atoms with Crippen LogP contribution >= 0.6 is 46.4 Å². The van der Waals surface area contributed by atoms with Gasteiger partial charge in [0.05, 0.1) is 16.0 Å². The molecule has 3 N–H and O–H groups in total. The van der Waals surface area contributed by atoms with Crippen LogP contribution in [0.5, 0.6) is 0 Å². The number of benzene rings is 4. The van der Waals surface area contributed by atoms with Crippen molar-refractivity contribution in [3.05, 3.63) is 147 Å². The van der Waals surface area contributed by atoms with Gasteiger partial charge in [0.25, 0.3) is 11.4 Å². The van der Waals surface area contributed by atoms with Crippen molar-refractivity contribution in [2.24, 2.45) is 0 Å². The molecule has 0 fully saturated rings. The van der Waals surface area contributed by atoms with Crippen LogP contribution in [-0.2, 0) is 23.5 Å². The van der Waals surface area contributed by atoms with Crippen molar-refractivity contribution in [1.82, 2.24) is 9.80 Å². The van der Waals surface area contributed by atoms with Gasteiger partial charge in [-0.3, -0.25) is 34.2 Å². The number of non-ortho nitro benzene ring substituents is 2. The van der Waals surface area contributed by atoms with Crippen LogP contribution in [0.15, 0.2) is 78.9 Å². The second-order valence-electron chi connectivity index (χ2n) is 11.3. The number of fused-ring (bicyclic) bond motifs is 1. The molecular weight excluding hydrogens is 782 g/mol. The number of nitrogens with zero attached hydrogens (tertiary/aromatic N) is 4. The topological polar surface area (TPSA) is 188 Å². The Morgan fingerprint density at radius 2 is 1.48 bits per heavy atom. The van der Waals surface area contributed by atoms with Gasteiger partial charge in [-0.2, -0.15) is 8.42 Å². The fourth-order valence-electron chi connectivity index (χ4n) is 5.24. The molecule has 0 saturated heterocycles. The number of rotatable bonds is 8. The minimum atomic E-state index is -4.67. The van der Waals surface area contributed by atoms with Crippen LogP contribution in [0, 0.1) is 20.2 Å². The third-order valence-electron chi connectivity index (χ3n) is 7.38. The van der Waals surface area contributed by atoms with E-state index in [2.05, 4.69) is 4.90 Å². The van der Waals surface area contributed by atoms with Gasteiger partial charge in [-0.1, -0.05) is 90.6 Å². The molecule has 52 heavy (non-hydrogen) atoms. The molecule has 2 unspecified atom stereocenters. The van der Waals surface area contributed by atoms with E-state index in [4.69, 9.17) is 65.3 Å². The zero-order valence-electron chi connectivity index (χ0n) is 29.2. The summed E-state index contributed by atoms with van der Waals surface area (Å²) in [5, 5.41) is 34.4. The maximum absolute atomic E-state index is 11.0. The molecule has 0 bridgehead atoms. The molecule has 0 aromatic heterocycles. The van der Waals surface area contributed by atoms with Gasteiger partial charge in [0.2, 0.25) is 0 Å². The predicted octanol–water partition coefficient (Wildman–Crippen LogP) is 8.92. The highest BCUT2D eigenvalue weighted by atomic mass is 35.5. The molecule has 13 nitrogen and oxygen atoms in total. The highest BCUT2D eigenvalue weighted by molar-refractivity contribution is 7.79. The second-order valence-corrected chi connectivity index (χ2v) is 13.9. The first-order valence-corrected chi connectivity index (χ1v) is 18.1. The minimum Gasteiger partial charge on any atom is -0.387 e. The molecule has 4 aromatic rings. The van der Waals surface area contributed by atoms with Gasteiger partial charge in [-0.15, -0.1) is 0 Å². The zero-order valence-corrected chi connectivity index (χ0v) is 32.0. The number of likely N-dealkylation sites (N-methyl/N-ethyl adjacent to an activating group) is 2. The van der Waals surface area contributed by atoms with Crippen molar-refractivity contribution >= 4 is 68.2 Å². The quantitative estimate of drug-likeness (QED) is 0.0875. The van der Waals surface area contributed by atoms with E-state index < -0.39 is 21.4 Å². The van der Waals surface area contributed by atoms with E-state index in [0.29, 0.717) is 45.6 Å². The molecular formula is C34H38Cl4N4O9S. The van der Waals surface area contributed by atoms with Crippen molar-refractivity contribution in [1.29, 1.82) is 0 Å². The maximum Gasteiger partial charge on any atom is 0.394 e. The molecule has 5 rings (SSSR count). The van der Waals surface area contributed by atoms with E-state index in [1.807, 2.05) is 37.2 Å². The molecule has 0 radical (unpaired) electrons. The summed E-state index contributed by atoms with van der Waals surface area (Å²) in [6, 6.07) is 21.7. The lowest BCUT2D eigenvalue weighted by molar-refractivity contribution is -0.385. The predicted molar refractivity (Wildman–Crippen MR) is 204 cm³/mol. The van der Waals surface area contributed by atoms with Crippen LogP contribution in [0.25, 0.3) is 0 Å². The number of hydrogen-bond donors (Lipinski definition) is 3. The normalized spacial score (nSPS) is 14.6. The van der Waals surface area contributed by atoms with E-state index in [0.717, 1.165) is 35.3 Å². The third kappa shape index (κ3) is 14.5. The first-order valence-electron chi connectivity index (χ1n) is 15.9. The number of aliphatic hydroxyl groups excluding tert-OH is 1. The average molecular weight is 822 g/mol. The lowest BCUT2D eigenvalue weighted by atomic mass is 9.84. The van der Waals surface area contributed by atoms with Gasteiger partial charge < -0.3 is 10.0 Å². The van der Waals surface area contributed by atoms with Crippen molar-refractivity contribution < 1.29 is 33.8 Å². The molecule has 1 heterocycles. The molecule has 0 aliphatic carbocycles. The van der Waals surface area contributed by atoms with E-state index in [-0.39, 0.29) is 22.2 Å². The summed E-state index contributed by atoms with van der Waals surface area (Å²) in [4.78, 5) is 25.0. The molecule has 0 saturated carbocycles. The maximum atomic E-state index is 11.0. The van der Waals surface area contributed by atoms with Crippen LogP contribution in [0.4, 0.5) is 11.4 Å². The van der Waals surface area contributed by atoms with Gasteiger partial charge in [-0.05, 0) is 66.2 Å². The Labute approximate surface area is 323 Å². The Balaban J connectivity index is 0.000000306. The van der Waals surface area contributed by atoms with Crippen molar-refractivity contribution in [3.63, 3.8) is 0 Å². The Kier molecular flexibility index (Phi) is 17.1. The van der Waals surface area contributed by atoms with Crippen molar-refractivity contribution in [3.8, 4) is 0 Å². The van der Waals surface area contributed by atoms with E-state index in [1.54, 1.807) is 49.4 Å². The fraction of sp³-hybridized carbons (Fsp3) is 0.294. The molecule has 282 valence electrons. The first kappa shape index (κ1) is 43.0. The van der Waals surface area contributed by atoms with Gasteiger partial charge >= 0.3 is 10.4 Å². The van der Waals surface area contributed by atoms with Gasteiger partial charge in [0.15, 0.2) is 0 Å². The van der Waals surface area contributed by atoms with Crippen molar-refractivity contribution in [2.75, 3.05) is 27.2 Å². The summed E-state index contributed by atoms with van der Waals surface area (Å²) in [6.45, 7) is 4.66. The summed E-state index contributed by atoms with van der Waals surface area (Å²) >= 11 is 24.5. The fourth-order valence-corrected chi connectivity index (χ4v) is 6.27. The summed E-state index contributed by atoms with van der Waals surface area (Å²) in [6.07, 6.45) is -0.828. The van der Waals surface area contributed by atoms with Crippen molar-refractivity contribution in [2.45, 2.75) is 38.9 Å². The molecule has 2 atom stereocenters. The molecule has 1 aliphatic rings. The Morgan fingerprint density at radius 1 is 0.923 bits per heavy atom. The smallest absolute Gasteiger partial charge is 0.387 e. The van der Waals surface area contributed by atoms with Crippen LogP contribution in [0.2, 0.25) is 20.1 Å². The summed E-state index contributed by atoms with van der Waals surface area (Å²) < 4.78 is 37.8. The molecule has 18 heteroatoms. The number of nitro groups is 2. The van der Waals surface area contributed by atoms with Crippen LogP contribution in [0.3, 0.4) is 0 Å². The van der Waals surface area contributed by atoms with Crippen LogP contribution in [0.1, 0.15) is 55.0 Å². The Bertz CT molecular complexity index is 1970. The van der Waals surface area contributed by atoms with Crippen LogP contribution in [-0.4, -0.2) is 69.5 Å². The SMILES string of the molecule is CN(Cc1ccc(Cl)cc1Cl)CC(O)c1cccc([N+](=O)[O-])c1.CN1Cc2c(Cl)cc(Cl)cc2C(c2cccc([N+](=O)[O-])c2)C1.O=S(=O)(O)O.[2H]CC. The van der Waals surface area contributed by atoms with Gasteiger partial charge in [-0.25, -0.2) is 0 Å². The lowest BCUT2D eigenvalue weighted by Crippen LogP contribution is -2.31. The summed E-state index contributed by atoms with van der Waals surface area (Å²) in [5.41, 5.74) is 4.45. The second kappa shape index (κ2) is 20.7. The largest absolute Gasteiger partial charge is 0.394 e. The number of halogens is 4. The van der Waals surface area contributed by atoms with Gasteiger partial charge in [0, 0.05) is 77.8 Å². The standard InChI is InChI=1S/C16H16Cl2N2O3.C16H14Cl2N2O2.C2H6.H2O4S/c1-19(9-12-5-6-13(17)8-15(12)18)10-16(21)11-3-2-4-14(7-11)20(22)23;1-19-8-14(10-3-2-4-12(5-10)20(21)22)13-6-11(17)7-16(18)15(13)9-19;1-2;1-5(2,3)4/h2-8,16,21H,9-10H2,1H3;2-7,14H,8-9H2,1H3;1-2H3;(H2,1,2,3,4)/i;;1D;. The van der Waals surface area contributed by atoms with Crippen LogP contribution < -0.4 is 0 Å². The van der Waals surface area contributed by atoms with E-state index in [9.17, 15) is 25.3 Å². The highest BCUT2D eigenvalue weighted by Gasteiger charge is 2.28. The molecule has 4 aromatic carbocycles. The number of aliphatic hydroxyl groups is 1. The Hall–Kier alpha value is -3.41. The monoisotopic (exact) mass is 819 g/mol. The summed E-state index contributed by atoms with van der Waals surface area (Å²) in [7, 11) is -0.816. The lowest BCUT2D eigenvalue weighted by Gasteiger charge is -2.33.